The quantitative estimate of drug-likeness (QED) is 0.0907. The summed E-state index contributed by atoms with van der Waals surface area (Å²) < 4.78 is 33.3. The summed E-state index contributed by atoms with van der Waals surface area (Å²) in [7, 11) is 8.72. The third-order valence-corrected chi connectivity index (χ3v) is 14.2. The van der Waals surface area contributed by atoms with Gasteiger partial charge in [0.1, 0.15) is 34.5 Å². The number of methoxy groups -OCH3 is 6. The molecule has 3 aromatic rings. The maximum Gasteiger partial charge on any atom is 0.255 e. The van der Waals surface area contributed by atoms with Crippen LogP contribution in [-0.2, 0) is 0 Å². The van der Waals surface area contributed by atoms with E-state index < -0.39 is 11.8 Å². The van der Waals surface area contributed by atoms with Crippen LogP contribution < -0.4 is 71.0 Å². The van der Waals surface area contributed by atoms with Gasteiger partial charge in [0.15, 0.2) is 0 Å². The predicted molar refractivity (Wildman–Crippen MR) is 267 cm³/mol. The van der Waals surface area contributed by atoms with E-state index >= 15 is 0 Å². The van der Waals surface area contributed by atoms with E-state index in [0.717, 1.165) is 51.9 Å². The highest BCUT2D eigenvalue weighted by molar-refractivity contribution is 6.05. The van der Waals surface area contributed by atoms with E-state index in [9.17, 15) is 28.8 Å². The highest BCUT2D eigenvalue weighted by Gasteiger charge is 2.32. The van der Waals surface area contributed by atoms with Crippen molar-refractivity contribution in [3.8, 4) is 34.5 Å². The molecule has 4 aliphatic rings. The number of carbonyl (C=O) groups excluding carboxylic acids is 6. The third kappa shape index (κ3) is 13.0. The fourth-order valence-corrected chi connectivity index (χ4v) is 10.0. The van der Waals surface area contributed by atoms with Crippen molar-refractivity contribution >= 4 is 35.4 Å². The van der Waals surface area contributed by atoms with E-state index in [1.54, 1.807) is 12.1 Å². The van der Waals surface area contributed by atoms with Crippen LogP contribution in [0, 0.1) is 0 Å². The van der Waals surface area contributed by atoms with Gasteiger partial charge in [0.25, 0.3) is 35.4 Å². The van der Waals surface area contributed by atoms with Crippen LogP contribution >= 0.6 is 0 Å². The fourth-order valence-electron chi connectivity index (χ4n) is 10.0. The Morgan fingerprint density at radius 1 is 0.306 bits per heavy atom. The Morgan fingerprint density at radius 3 is 0.639 bits per heavy atom. The zero-order valence-corrected chi connectivity index (χ0v) is 42.1. The molecule has 0 unspecified atom stereocenters. The molecule has 7 rings (SSSR count). The number of hydrogen-bond acceptors (Lipinski definition) is 14. The highest BCUT2D eigenvalue weighted by atomic mass is 16.5. The van der Waals surface area contributed by atoms with Gasteiger partial charge in [0, 0.05) is 54.5 Å². The Labute approximate surface area is 420 Å². The molecule has 390 valence electrons. The standard InChI is InChI=1S/C52H70N8O12/c1-67-41-26-42(68-2)36(48(62)56-30-9-13-32(14-10-30)58-50(64)38-25-40(46(72-6)28-44(38)70-4)52(66)60-34-17-21-54-22-18-34)23-35(41)47(61)55-29-7-11-31(12-8-29)57-49(63)37-24-39(45(71-5)27-43(37)69-3)51(65)59-33-15-19-53-20-16-33/h23-34,53-54H,7-22H2,1-6H3,(H,55,61)(H,56,62)(H,57,63)(H,58,64)(H,59,65)(H,60,66). The van der Waals surface area contributed by atoms with Gasteiger partial charge in [-0.05, 0) is 121 Å². The summed E-state index contributed by atoms with van der Waals surface area (Å²) >= 11 is 0. The largest absolute Gasteiger partial charge is 0.496 e. The van der Waals surface area contributed by atoms with Gasteiger partial charge in [-0.15, -0.1) is 0 Å². The number of hydrogen-bond donors (Lipinski definition) is 8. The Hall–Kier alpha value is -6.80. The molecule has 2 aliphatic carbocycles. The lowest BCUT2D eigenvalue weighted by atomic mass is 9.90. The Bertz CT molecular complexity index is 2280. The van der Waals surface area contributed by atoms with Crippen LogP contribution in [0.2, 0.25) is 0 Å². The molecule has 0 aromatic heterocycles. The average Bonchev–Trinajstić information content (AvgIpc) is 3.41. The Balaban J connectivity index is 0.923. The van der Waals surface area contributed by atoms with Crippen molar-refractivity contribution < 1.29 is 57.2 Å². The van der Waals surface area contributed by atoms with E-state index in [-0.39, 0.29) is 116 Å². The smallest absolute Gasteiger partial charge is 0.255 e. The van der Waals surface area contributed by atoms with Crippen molar-refractivity contribution in [2.45, 2.75) is 113 Å². The number of benzene rings is 3. The molecule has 2 heterocycles. The third-order valence-electron chi connectivity index (χ3n) is 14.2. The van der Waals surface area contributed by atoms with E-state index in [1.807, 2.05) is 0 Å². The monoisotopic (exact) mass is 999 g/mol. The highest BCUT2D eigenvalue weighted by Crippen LogP contribution is 2.34. The number of amides is 6. The van der Waals surface area contributed by atoms with Gasteiger partial charge in [0.05, 0.1) is 76.0 Å². The van der Waals surface area contributed by atoms with Gasteiger partial charge in [-0.2, -0.15) is 0 Å². The van der Waals surface area contributed by atoms with Crippen molar-refractivity contribution in [2.24, 2.45) is 0 Å². The molecular weight excluding hydrogens is 929 g/mol. The van der Waals surface area contributed by atoms with E-state index in [0.29, 0.717) is 62.9 Å². The SMILES string of the molecule is COc1cc(OC)c(C(=O)NC2CCC(NC(=O)c3cc(C(=O)NC4CCC(NC(=O)c5cc(C(=O)NC6CCNCC6)c(OC)cc5OC)CC4)c(OC)cc3OC)CC2)cc1C(=O)NC1CCNCC1. The number of ether oxygens (including phenoxy) is 6. The van der Waals surface area contributed by atoms with Crippen molar-refractivity contribution in [3.05, 3.63) is 69.8 Å². The minimum absolute atomic E-state index is 0.0132. The van der Waals surface area contributed by atoms with Gasteiger partial charge in [-0.25, -0.2) is 0 Å². The average molecular weight is 999 g/mol. The molecule has 4 fully saturated rings. The maximum absolute atomic E-state index is 13.9. The second-order valence-corrected chi connectivity index (χ2v) is 18.7. The number of carbonyl (C=O) groups is 6. The lowest BCUT2D eigenvalue weighted by Crippen LogP contribution is -2.44. The molecule has 6 amide bonds. The molecule has 2 saturated heterocycles. The van der Waals surface area contributed by atoms with Gasteiger partial charge < -0.3 is 71.0 Å². The van der Waals surface area contributed by atoms with Crippen LogP contribution in [0.15, 0.2) is 36.4 Å². The van der Waals surface area contributed by atoms with Gasteiger partial charge in [0.2, 0.25) is 0 Å². The molecule has 8 N–H and O–H groups in total. The first-order valence-electron chi connectivity index (χ1n) is 24.9. The molecule has 0 atom stereocenters. The normalized spacial score (nSPS) is 20.4. The maximum atomic E-state index is 13.9. The molecule has 20 heteroatoms. The number of nitrogens with one attached hydrogen (secondary N) is 8. The summed E-state index contributed by atoms with van der Waals surface area (Å²) in [5.74, 6) is -0.647. The van der Waals surface area contributed by atoms with Crippen LogP contribution in [0.1, 0.15) is 139 Å². The van der Waals surface area contributed by atoms with Gasteiger partial charge in [-0.3, -0.25) is 28.8 Å². The fraction of sp³-hybridized carbons (Fsp3) is 0.538. The van der Waals surface area contributed by atoms with Crippen LogP contribution in [-0.4, -0.2) is 141 Å². The molecular formula is C52H70N8O12. The molecule has 3 aromatic carbocycles. The summed E-state index contributed by atoms with van der Waals surface area (Å²) in [4.78, 5) is 82.0. The summed E-state index contributed by atoms with van der Waals surface area (Å²) in [6.07, 6.45) is 7.78. The van der Waals surface area contributed by atoms with Crippen molar-refractivity contribution in [1.82, 2.24) is 42.5 Å². The van der Waals surface area contributed by atoms with Crippen LogP contribution in [0.5, 0.6) is 34.5 Å². The minimum atomic E-state index is -0.423. The minimum Gasteiger partial charge on any atom is -0.496 e. The van der Waals surface area contributed by atoms with Crippen molar-refractivity contribution in [2.75, 3.05) is 68.8 Å². The first kappa shape index (κ1) is 53.0. The lowest BCUT2D eigenvalue weighted by molar-refractivity contribution is 0.0883. The zero-order chi connectivity index (χ0) is 51.3. The molecule has 2 saturated carbocycles. The second-order valence-electron chi connectivity index (χ2n) is 18.7. The van der Waals surface area contributed by atoms with Crippen LogP contribution in [0.3, 0.4) is 0 Å². The second kappa shape index (κ2) is 25.0. The van der Waals surface area contributed by atoms with E-state index in [2.05, 4.69) is 42.5 Å². The van der Waals surface area contributed by atoms with Crippen LogP contribution in [0.4, 0.5) is 0 Å². The Kier molecular flexibility index (Phi) is 18.4. The first-order chi connectivity index (χ1) is 34.9. The molecule has 72 heavy (non-hydrogen) atoms. The number of piperidine rings is 2. The van der Waals surface area contributed by atoms with Crippen LogP contribution in [0.25, 0.3) is 0 Å². The van der Waals surface area contributed by atoms with Crippen molar-refractivity contribution in [1.29, 1.82) is 0 Å². The zero-order valence-electron chi connectivity index (χ0n) is 42.1. The summed E-state index contributed by atoms with van der Waals surface area (Å²) in [5, 5.41) is 25.1. The van der Waals surface area contributed by atoms with Gasteiger partial charge >= 0.3 is 0 Å². The first-order valence-corrected chi connectivity index (χ1v) is 24.9. The topological polar surface area (TPSA) is 254 Å². The van der Waals surface area contributed by atoms with Crippen molar-refractivity contribution in [3.63, 3.8) is 0 Å². The summed E-state index contributed by atoms with van der Waals surface area (Å²) in [6, 6.07) is 8.31. The molecule has 0 radical (unpaired) electrons. The Morgan fingerprint density at radius 2 is 0.472 bits per heavy atom. The van der Waals surface area contributed by atoms with E-state index in [1.165, 1.54) is 66.9 Å². The van der Waals surface area contributed by atoms with E-state index in [4.69, 9.17) is 28.4 Å². The molecule has 0 bridgehead atoms. The predicted octanol–water partition coefficient (Wildman–Crippen LogP) is 3.64. The lowest BCUT2D eigenvalue weighted by Gasteiger charge is -2.30. The molecule has 2 aliphatic heterocycles. The number of rotatable bonds is 18. The molecule has 20 nitrogen and oxygen atoms in total. The molecule has 0 spiro atoms. The summed E-state index contributed by atoms with van der Waals surface area (Å²) in [5.41, 5.74) is 1.24. The summed E-state index contributed by atoms with van der Waals surface area (Å²) in [6.45, 7) is 3.24. The van der Waals surface area contributed by atoms with Gasteiger partial charge in [-0.1, -0.05) is 0 Å².